The summed E-state index contributed by atoms with van der Waals surface area (Å²) in [6.07, 6.45) is 7.89. The van der Waals surface area contributed by atoms with Crippen molar-refractivity contribution in [2.24, 2.45) is 11.7 Å². The van der Waals surface area contributed by atoms with E-state index in [-0.39, 0.29) is 11.9 Å². The maximum absolute atomic E-state index is 11.7. The molecule has 0 bridgehead atoms. The Bertz CT molecular complexity index is 208. The molecule has 3 heteroatoms. The zero-order valence-corrected chi connectivity index (χ0v) is 10.7. The molecule has 3 nitrogen and oxygen atoms in total. The van der Waals surface area contributed by atoms with Gasteiger partial charge in [0, 0.05) is 18.5 Å². The van der Waals surface area contributed by atoms with Gasteiger partial charge in [0.1, 0.15) is 0 Å². The molecule has 1 amide bonds. The molecule has 0 aliphatic heterocycles. The minimum absolute atomic E-state index is 0.00854. The van der Waals surface area contributed by atoms with Crippen LogP contribution in [0.2, 0.25) is 0 Å². The van der Waals surface area contributed by atoms with Gasteiger partial charge >= 0.3 is 0 Å². The summed E-state index contributed by atoms with van der Waals surface area (Å²) in [5.74, 6) is 0.507. The number of carbonyl (C=O) groups is 1. The van der Waals surface area contributed by atoms with Gasteiger partial charge in [0.15, 0.2) is 0 Å². The molecule has 0 aromatic rings. The highest BCUT2D eigenvalue weighted by molar-refractivity contribution is 5.76. The second kappa shape index (κ2) is 6.89. The van der Waals surface area contributed by atoms with Crippen LogP contribution in [0.15, 0.2) is 0 Å². The molecule has 0 radical (unpaired) electrons. The molecular formula is C13H26N2O. The second-order valence-electron chi connectivity index (χ2n) is 5.37. The summed E-state index contributed by atoms with van der Waals surface area (Å²) in [5, 5.41) is 3.13. The molecule has 0 aromatic carbocycles. The van der Waals surface area contributed by atoms with E-state index < -0.39 is 0 Å². The van der Waals surface area contributed by atoms with E-state index in [9.17, 15) is 4.79 Å². The standard InChI is InChI=1S/C13H26N2O/c1-10(2)12(14)9-13(16)15-11-7-5-3-4-6-8-11/h10-12H,3-9,14H2,1-2H3,(H,15,16). The van der Waals surface area contributed by atoms with E-state index in [1.165, 1.54) is 25.7 Å². The van der Waals surface area contributed by atoms with Crippen LogP contribution >= 0.6 is 0 Å². The zero-order chi connectivity index (χ0) is 12.0. The summed E-state index contributed by atoms with van der Waals surface area (Å²) < 4.78 is 0. The normalized spacial score (nSPS) is 20.5. The van der Waals surface area contributed by atoms with Crippen molar-refractivity contribution in [3.63, 3.8) is 0 Å². The highest BCUT2D eigenvalue weighted by Crippen LogP contribution is 2.17. The molecule has 16 heavy (non-hydrogen) atoms. The predicted octanol–water partition coefficient (Wildman–Crippen LogP) is 2.20. The Morgan fingerprint density at radius 1 is 1.25 bits per heavy atom. The van der Waals surface area contributed by atoms with Crippen molar-refractivity contribution >= 4 is 5.91 Å². The molecule has 1 fully saturated rings. The van der Waals surface area contributed by atoms with Crippen LogP contribution in [0.3, 0.4) is 0 Å². The average molecular weight is 226 g/mol. The van der Waals surface area contributed by atoms with Gasteiger partial charge in [-0.3, -0.25) is 4.79 Å². The third-order valence-electron chi connectivity index (χ3n) is 3.50. The van der Waals surface area contributed by atoms with E-state index in [0.29, 0.717) is 18.4 Å². The number of carbonyl (C=O) groups excluding carboxylic acids is 1. The van der Waals surface area contributed by atoms with E-state index >= 15 is 0 Å². The van der Waals surface area contributed by atoms with Crippen LogP contribution in [0.1, 0.15) is 58.8 Å². The van der Waals surface area contributed by atoms with Crippen LogP contribution in [0, 0.1) is 5.92 Å². The monoisotopic (exact) mass is 226 g/mol. The minimum atomic E-state index is -0.00854. The number of hydrogen-bond acceptors (Lipinski definition) is 2. The fourth-order valence-electron chi connectivity index (χ4n) is 2.16. The summed E-state index contributed by atoms with van der Waals surface area (Å²) in [4.78, 5) is 11.7. The molecule has 94 valence electrons. The summed E-state index contributed by atoms with van der Waals surface area (Å²) in [6.45, 7) is 4.12. The summed E-state index contributed by atoms with van der Waals surface area (Å²) >= 11 is 0. The number of nitrogens with two attached hydrogens (primary N) is 1. The van der Waals surface area contributed by atoms with Crippen LogP contribution in [-0.4, -0.2) is 18.0 Å². The van der Waals surface area contributed by atoms with E-state index in [2.05, 4.69) is 19.2 Å². The Morgan fingerprint density at radius 2 is 1.81 bits per heavy atom. The van der Waals surface area contributed by atoms with Crippen molar-refractivity contribution < 1.29 is 4.79 Å². The average Bonchev–Trinajstić information content (AvgIpc) is 2.45. The summed E-state index contributed by atoms with van der Waals surface area (Å²) in [5.41, 5.74) is 5.89. The zero-order valence-electron chi connectivity index (χ0n) is 10.7. The van der Waals surface area contributed by atoms with Crippen molar-refractivity contribution in [3.8, 4) is 0 Å². The largest absolute Gasteiger partial charge is 0.353 e. The molecule has 1 aliphatic carbocycles. The fraction of sp³-hybridized carbons (Fsp3) is 0.923. The maximum atomic E-state index is 11.7. The number of rotatable bonds is 4. The molecule has 1 aliphatic rings. The van der Waals surface area contributed by atoms with E-state index in [0.717, 1.165) is 12.8 Å². The van der Waals surface area contributed by atoms with Crippen molar-refractivity contribution in [2.75, 3.05) is 0 Å². The lowest BCUT2D eigenvalue weighted by Gasteiger charge is -2.19. The van der Waals surface area contributed by atoms with Crippen LogP contribution in [0.4, 0.5) is 0 Å². The first-order chi connectivity index (χ1) is 7.59. The van der Waals surface area contributed by atoms with Gasteiger partial charge in [-0.15, -0.1) is 0 Å². The Labute approximate surface area is 99.2 Å². The molecule has 0 spiro atoms. The first-order valence-corrected chi connectivity index (χ1v) is 6.64. The van der Waals surface area contributed by atoms with Gasteiger partial charge < -0.3 is 11.1 Å². The number of amides is 1. The molecule has 3 N–H and O–H groups in total. The highest BCUT2D eigenvalue weighted by Gasteiger charge is 2.17. The SMILES string of the molecule is CC(C)C(N)CC(=O)NC1CCCCCC1. The van der Waals surface area contributed by atoms with Gasteiger partial charge in [-0.25, -0.2) is 0 Å². The first-order valence-electron chi connectivity index (χ1n) is 6.64. The van der Waals surface area contributed by atoms with Crippen LogP contribution < -0.4 is 11.1 Å². The third-order valence-corrected chi connectivity index (χ3v) is 3.50. The van der Waals surface area contributed by atoms with Crippen LogP contribution in [0.25, 0.3) is 0 Å². The highest BCUT2D eigenvalue weighted by atomic mass is 16.1. The quantitative estimate of drug-likeness (QED) is 0.722. The Balaban J connectivity index is 2.26. The van der Waals surface area contributed by atoms with Crippen molar-refractivity contribution in [3.05, 3.63) is 0 Å². The van der Waals surface area contributed by atoms with Crippen LogP contribution in [-0.2, 0) is 4.79 Å². The Kier molecular flexibility index (Phi) is 5.81. The lowest BCUT2D eigenvalue weighted by Crippen LogP contribution is -2.39. The lowest BCUT2D eigenvalue weighted by atomic mass is 10.0. The van der Waals surface area contributed by atoms with Gasteiger partial charge in [-0.05, 0) is 18.8 Å². The number of hydrogen-bond donors (Lipinski definition) is 2. The molecule has 0 saturated heterocycles. The Morgan fingerprint density at radius 3 is 2.31 bits per heavy atom. The smallest absolute Gasteiger partial charge is 0.221 e. The molecule has 0 heterocycles. The summed E-state index contributed by atoms with van der Waals surface area (Å²) in [6, 6.07) is 0.389. The molecule has 1 saturated carbocycles. The minimum Gasteiger partial charge on any atom is -0.353 e. The van der Waals surface area contributed by atoms with Crippen molar-refractivity contribution in [1.82, 2.24) is 5.32 Å². The topological polar surface area (TPSA) is 55.1 Å². The Hall–Kier alpha value is -0.570. The molecule has 1 atom stereocenters. The van der Waals surface area contributed by atoms with Gasteiger partial charge in [0.25, 0.3) is 0 Å². The van der Waals surface area contributed by atoms with E-state index in [4.69, 9.17) is 5.73 Å². The third kappa shape index (κ3) is 4.97. The van der Waals surface area contributed by atoms with Gasteiger partial charge in [-0.2, -0.15) is 0 Å². The molecule has 1 rings (SSSR count). The van der Waals surface area contributed by atoms with Gasteiger partial charge in [0.05, 0.1) is 0 Å². The maximum Gasteiger partial charge on any atom is 0.221 e. The fourth-order valence-corrected chi connectivity index (χ4v) is 2.16. The van der Waals surface area contributed by atoms with E-state index in [1.807, 2.05) is 0 Å². The van der Waals surface area contributed by atoms with Crippen LogP contribution in [0.5, 0.6) is 0 Å². The van der Waals surface area contributed by atoms with Crippen molar-refractivity contribution in [2.45, 2.75) is 70.9 Å². The van der Waals surface area contributed by atoms with Crippen molar-refractivity contribution in [1.29, 1.82) is 0 Å². The molecular weight excluding hydrogens is 200 g/mol. The number of nitrogens with one attached hydrogen (secondary N) is 1. The van der Waals surface area contributed by atoms with Gasteiger partial charge in [0.2, 0.25) is 5.91 Å². The second-order valence-corrected chi connectivity index (χ2v) is 5.37. The summed E-state index contributed by atoms with van der Waals surface area (Å²) in [7, 11) is 0. The van der Waals surface area contributed by atoms with Gasteiger partial charge in [-0.1, -0.05) is 39.5 Å². The first kappa shape index (κ1) is 13.5. The predicted molar refractivity (Wildman–Crippen MR) is 67.1 cm³/mol. The van der Waals surface area contributed by atoms with E-state index in [1.54, 1.807) is 0 Å². The lowest BCUT2D eigenvalue weighted by molar-refractivity contribution is -0.122. The molecule has 1 unspecified atom stereocenters. The molecule has 0 aromatic heterocycles.